The number of amides is 4. The molecule has 0 saturated heterocycles. The zero-order valence-corrected chi connectivity index (χ0v) is 31.6. The molecule has 1 fully saturated rings. The first kappa shape index (κ1) is 39.2. The number of nitrogens with two attached hydrogens (primary N) is 1. The van der Waals surface area contributed by atoms with Gasteiger partial charge in [0.2, 0.25) is 5.91 Å². The molecule has 0 aliphatic heterocycles. The van der Waals surface area contributed by atoms with Crippen LogP contribution in [0.5, 0.6) is 0 Å². The van der Waals surface area contributed by atoms with E-state index in [4.69, 9.17) is 26.5 Å². The number of fused-ring (bicyclic) bond motifs is 1. The number of halogens is 1. The van der Waals surface area contributed by atoms with Gasteiger partial charge >= 0.3 is 11.8 Å². The number of nitrogens with one attached hydrogen (secondary N) is 3. The van der Waals surface area contributed by atoms with Gasteiger partial charge in [-0.2, -0.15) is 0 Å². The highest BCUT2D eigenvalue weighted by Crippen LogP contribution is 2.34. The second-order valence-corrected chi connectivity index (χ2v) is 15.3. The van der Waals surface area contributed by atoms with Gasteiger partial charge in [-0.25, -0.2) is 19.5 Å². The molecule has 0 unspecified atom stereocenters. The second kappa shape index (κ2) is 16.3. The largest absolute Gasteiger partial charge is 0.444 e. The van der Waals surface area contributed by atoms with E-state index in [1.54, 1.807) is 26.8 Å². The summed E-state index contributed by atoms with van der Waals surface area (Å²) in [5, 5.41) is 5.71. The molecule has 4 amide bonds. The summed E-state index contributed by atoms with van der Waals surface area (Å²) in [6, 6.07) is 12.8. The Kier molecular flexibility index (Phi) is 12.1. The number of nitrogens with zero attached hydrogens (tertiary/aromatic N) is 2. The highest BCUT2D eigenvalue weighted by Gasteiger charge is 2.36. The van der Waals surface area contributed by atoms with E-state index in [2.05, 4.69) is 20.6 Å². The summed E-state index contributed by atoms with van der Waals surface area (Å²) < 4.78 is 10.5. The SMILES string of the molecule is Cc1nc(C(=O)NC(C)C)ccc1-c1ccc(C[C@H](N)C(=O)N(c2cc(Cl)c3oc(=O)[nH]c3c2)C(=O)[C@H]2CC[C@H](CNC(=O)OC(C)(C)C)CC2)cc1. The zero-order chi connectivity index (χ0) is 38.6. The predicted molar refractivity (Wildman–Crippen MR) is 203 cm³/mol. The van der Waals surface area contributed by atoms with Gasteiger partial charge < -0.3 is 25.5 Å². The number of pyridine rings is 1. The van der Waals surface area contributed by atoms with Crippen LogP contribution in [-0.4, -0.2) is 58.0 Å². The molecular weight excluding hydrogens is 700 g/mol. The van der Waals surface area contributed by atoms with Crippen molar-refractivity contribution in [2.24, 2.45) is 17.6 Å². The van der Waals surface area contributed by atoms with Crippen molar-refractivity contribution in [3.63, 3.8) is 0 Å². The van der Waals surface area contributed by atoms with Crippen LogP contribution in [0.15, 0.2) is 57.7 Å². The first-order chi connectivity index (χ1) is 25.0. The highest BCUT2D eigenvalue weighted by molar-refractivity contribution is 6.35. The van der Waals surface area contributed by atoms with E-state index in [-0.39, 0.29) is 46.1 Å². The summed E-state index contributed by atoms with van der Waals surface area (Å²) in [6.07, 6.45) is 1.95. The Bertz CT molecular complexity index is 2040. The van der Waals surface area contributed by atoms with Crippen molar-refractivity contribution in [2.45, 2.75) is 91.3 Å². The molecule has 53 heavy (non-hydrogen) atoms. The molecule has 1 saturated carbocycles. The number of alkyl carbamates (subject to hydrolysis) is 1. The number of anilines is 1. The van der Waals surface area contributed by atoms with Crippen LogP contribution >= 0.6 is 11.6 Å². The number of oxazole rings is 1. The van der Waals surface area contributed by atoms with E-state index < -0.39 is 41.2 Å². The van der Waals surface area contributed by atoms with Crippen LogP contribution in [-0.2, 0) is 20.7 Å². The maximum atomic E-state index is 14.2. The third-order valence-corrected chi connectivity index (χ3v) is 9.35. The molecule has 0 bridgehead atoms. The molecule has 1 aliphatic rings. The maximum absolute atomic E-state index is 14.2. The predicted octanol–water partition coefficient (Wildman–Crippen LogP) is 6.04. The number of carbonyl (C=O) groups excluding carboxylic acids is 4. The summed E-state index contributed by atoms with van der Waals surface area (Å²) in [7, 11) is 0. The molecule has 1 aliphatic carbocycles. The number of hydrogen-bond donors (Lipinski definition) is 4. The van der Waals surface area contributed by atoms with Crippen molar-refractivity contribution in [2.75, 3.05) is 11.4 Å². The summed E-state index contributed by atoms with van der Waals surface area (Å²) in [5.41, 5.74) is 9.98. The summed E-state index contributed by atoms with van der Waals surface area (Å²) in [4.78, 5) is 73.0. The monoisotopic (exact) mass is 746 g/mol. The van der Waals surface area contributed by atoms with Crippen molar-refractivity contribution >= 4 is 52.2 Å². The average molecular weight is 747 g/mol. The first-order valence-electron chi connectivity index (χ1n) is 17.8. The molecule has 282 valence electrons. The van der Waals surface area contributed by atoms with Crippen molar-refractivity contribution in [1.82, 2.24) is 20.6 Å². The molecule has 2 aromatic carbocycles. The number of aromatic nitrogens is 2. The number of rotatable bonds is 10. The minimum Gasteiger partial charge on any atom is -0.444 e. The first-order valence-corrected chi connectivity index (χ1v) is 18.2. The van der Waals surface area contributed by atoms with Crippen LogP contribution in [0.1, 0.15) is 82.0 Å². The lowest BCUT2D eigenvalue weighted by Crippen LogP contribution is -2.50. The van der Waals surface area contributed by atoms with Gasteiger partial charge in [-0.1, -0.05) is 41.9 Å². The summed E-state index contributed by atoms with van der Waals surface area (Å²) >= 11 is 6.46. The van der Waals surface area contributed by atoms with E-state index in [0.29, 0.717) is 43.6 Å². The van der Waals surface area contributed by atoms with Crippen LogP contribution in [0.3, 0.4) is 0 Å². The van der Waals surface area contributed by atoms with Gasteiger partial charge in [-0.15, -0.1) is 0 Å². The number of imide groups is 1. The molecule has 5 N–H and O–H groups in total. The Morgan fingerprint density at radius 3 is 2.36 bits per heavy atom. The fraction of sp³-hybridized carbons (Fsp3) is 0.436. The van der Waals surface area contributed by atoms with Crippen molar-refractivity contribution < 1.29 is 28.3 Å². The number of aryl methyl sites for hydroxylation is 1. The summed E-state index contributed by atoms with van der Waals surface area (Å²) in [6.45, 7) is 11.4. The van der Waals surface area contributed by atoms with Crippen LogP contribution in [0, 0.1) is 18.8 Å². The molecule has 0 radical (unpaired) electrons. The van der Waals surface area contributed by atoms with Crippen LogP contribution in [0.4, 0.5) is 10.5 Å². The van der Waals surface area contributed by atoms with E-state index in [9.17, 15) is 24.0 Å². The number of carbonyl (C=O) groups is 4. The third kappa shape index (κ3) is 9.91. The molecule has 2 aromatic heterocycles. The lowest BCUT2D eigenvalue weighted by molar-refractivity contribution is -0.130. The minimum atomic E-state index is -1.10. The number of aromatic amines is 1. The third-order valence-electron chi connectivity index (χ3n) is 9.06. The van der Waals surface area contributed by atoms with Crippen molar-refractivity contribution in [3.8, 4) is 11.1 Å². The van der Waals surface area contributed by atoms with Gasteiger partial charge in [0.25, 0.3) is 11.8 Å². The molecule has 14 heteroatoms. The topological polar surface area (TPSA) is 190 Å². The average Bonchev–Trinajstić information content (AvgIpc) is 3.47. The minimum absolute atomic E-state index is 0.00922. The van der Waals surface area contributed by atoms with E-state index in [1.165, 1.54) is 12.1 Å². The Balaban J connectivity index is 1.31. The standard InChI is InChI=1S/C39H47ClN6O7/c1-21(2)43-34(47)31-16-15-28(22(3)44-31)25-11-7-23(8-12-25)17-30(41)36(49)46(27-18-29(40)33-32(19-27)45-38(51)52-33)35(48)26-13-9-24(10-14-26)20-42-37(50)53-39(4,5)6/h7-8,11-12,15-16,18-19,21,24,26,30H,9-10,13-14,17,20,41H2,1-6H3,(H,42,50)(H,43,47)(H,45,51)/t24-,26-,30-/m0/s1. The number of ether oxygens (including phenoxy) is 1. The fourth-order valence-corrected chi connectivity index (χ4v) is 6.74. The molecular formula is C39H47ClN6O7. The van der Waals surface area contributed by atoms with E-state index >= 15 is 0 Å². The molecule has 0 spiro atoms. The van der Waals surface area contributed by atoms with Crippen LogP contribution in [0.25, 0.3) is 22.2 Å². The lowest BCUT2D eigenvalue weighted by atomic mass is 9.81. The molecule has 5 rings (SSSR count). The molecule has 4 aromatic rings. The van der Waals surface area contributed by atoms with Crippen LogP contribution in [0.2, 0.25) is 5.02 Å². The van der Waals surface area contributed by atoms with Crippen molar-refractivity contribution in [1.29, 1.82) is 0 Å². The van der Waals surface area contributed by atoms with Crippen molar-refractivity contribution in [3.05, 3.63) is 81.1 Å². The number of H-pyrrole nitrogens is 1. The Morgan fingerprint density at radius 1 is 1.06 bits per heavy atom. The fourth-order valence-electron chi connectivity index (χ4n) is 6.49. The normalized spacial score (nSPS) is 16.6. The Morgan fingerprint density at radius 2 is 1.74 bits per heavy atom. The Hall–Kier alpha value is -5.01. The molecule has 1 atom stereocenters. The van der Waals surface area contributed by atoms with Gasteiger partial charge in [-0.3, -0.25) is 19.4 Å². The van der Waals surface area contributed by atoms with E-state index in [0.717, 1.165) is 21.6 Å². The van der Waals surface area contributed by atoms with Gasteiger partial charge in [0.15, 0.2) is 5.58 Å². The molecule has 2 heterocycles. The zero-order valence-electron chi connectivity index (χ0n) is 30.9. The Labute approximate surface area is 313 Å². The maximum Gasteiger partial charge on any atom is 0.417 e. The summed E-state index contributed by atoms with van der Waals surface area (Å²) in [5.74, 6) is -2.35. The lowest BCUT2D eigenvalue weighted by Gasteiger charge is -2.32. The molecule has 13 nitrogen and oxygen atoms in total. The number of hydrogen-bond acceptors (Lipinski definition) is 9. The van der Waals surface area contributed by atoms with Crippen LogP contribution < -0.4 is 27.0 Å². The smallest absolute Gasteiger partial charge is 0.417 e. The van der Waals surface area contributed by atoms with Gasteiger partial charge in [0, 0.05) is 29.8 Å². The second-order valence-electron chi connectivity index (χ2n) is 14.9. The van der Waals surface area contributed by atoms with Gasteiger partial charge in [0.1, 0.15) is 11.3 Å². The van der Waals surface area contributed by atoms with Gasteiger partial charge in [0.05, 0.1) is 22.3 Å². The number of benzene rings is 2. The highest BCUT2D eigenvalue weighted by atomic mass is 35.5. The van der Waals surface area contributed by atoms with Gasteiger partial charge in [-0.05, 0) is 109 Å². The quantitative estimate of drug-likeness (QED) is 0.150. The van der Waals surface area contributed by atoms with E-state index in [1.807, 2.05) is 51.1 Å².